The zero-order valence-corrected chi connectivity index (χ0v) is 8.72. The Bertz CT molecular complexity index is 324. The largest absolute Gasteiger partial charge is 0.411 e. The van der Waals surface area contributed by atoms with Crippen molar-refractivity contribution < 1.29 is 5.21 Å². The Labute approximate surface area is 81.1 Å². The molecule has 0 saturated heterocycles. The van der Waals surface area contributed by atoms with Crippen LogP contribution in [-0.4, -0.2) is 15.9 Å². The molecule has 0 bridgehead atoms. The van der Waals surface area contributed by atoms with Gasteiger partial charge in [-0.3, -0.25) is 0 Å². The minimum atomic E-state index is -0.227. The van der Waals surface area contributed by atoms with Crippen molar-refractivity contribution >= 4 is 22.2 Å². The van der Waals surface area contributed by atoms with Gasteiger partial charge < -0.3 is 10.9 Å². The Morgan fingerprint density at radius 1 is 1.62 bits per heavy atom. The van der Waals surface area contributed by atoms with E-state index in [0.29, 0.717) is 16.5 Å². The highest BCUT2D eigenvalue weighted by Crippen LogP contribution is 2.23. The highest BCUT2D eigenvalue weighted by Gasteiger charge is 2.23. The molecule has 0 atom stereocenters. The highest BCUT2D eigenvalue weighted by atomic mass is 32.1. The number of oxime groups is 1. The van der Waals surface area contributed by atoms with Crippen LogP contribution in [0.1, 0.15) is 26.5 Å². The molecule has 1 aromatic rings. The number of hydrogen-bond donors (Lipinski definition) is 2. The summed E-state index contributed by atoms with van der Waals surface area (Å²) in [5, 5.41) is 14.4. The van der Waals surface area contributed by atoms with Crippen LogP contribution in [0.3, 0.4) is 0 Å². The second kappa shape index (κ2) is 3.33. The number of hydrogen-bond acceptors (Lipinski definition) is 5. The molecule has 4 nitrogen and oxygen atoms in total. The number of nitrogens with zero attached hydrogens (tertiary/aromatic N) is 2. The first-order valence-electron chi connectivity index (χ1n) is 3.89. The molecule has 0 fully saturated rings. The van der Waals surface area contributed by atoms with E-state index in [2.05, 4.69) is 10.1 Å². The minimum Gasteiger partial charge on any atom is -0.411 e. The number of anilines is 1. The van der Waals surface area contributed by atoms with Crippen LogP contribution in [0.2, 0.25) is 0 Å². The predicted molar refractivity (Wildman–Crippen MR) is 54.3 cm³/mol. The van der Waals surface area contributed by atoms with Crippen molar-refractivity contribution in [3.63, 3.8) is 0 Å². The van der Waals surface area contributed by atoms with Gasteiger partial charge in [0.1, 0.15) is 11.4 Å². The van der Waals surface area contributed by atoms with Crippen molar-refractivity contribution in [3.05, 3.63) is 11.1 Å². The number of nitrogen functional groups attached to an aromatic ring is 1. The molecule has 0 aromatic carbocycles. The van der Waals surface area contributed by atoms with Crippen LogP contribution in [0.25, 0.3) is 0 Å². The molecule has 1 aromatic heterocycles. The van der Waals surface area contributed by atoms with Crippen molar-refractivity contribution in [3.8, 4) is 0 Å². The Morgan fingerprint density at radius 3 is 2.54 bits per heavy atom. The van der Waals surface area contributed by atoms with Crippen molar-refractivity contribution in [2.24, 2.45) is 10.6 Å². The Hall–Kier alpha value is -1.10. The van der Waals surface area contributed by atoms with Gasteiger partial charge in [0, 0.05) is 10.8 Å². The van der Waals surface area contributed by atoms with Crippen LogP contribution in [0.15, 0.2) is 10.5 Å². The molecule has 0 aliphatic rings. The maximum Gasteiger partial charge on any atom is 0.180 e. The van der Waals surface area contributed by atoms with Crippen LogP contribution >= 0.6 is 11.3 Å². The Balaban J connectivity index is 3.06. The van der Waals surface area contributed by atoms with E-state index in [9.17, 15) is 0 Å². The molecule has 1 heterocycles. The minimum absolute atomic E-state index is 0.227. The summed E-state index contributed by atoms with van der Waals surface area (Å²) in [7, 11) is 0. The SMILES string of the molecule is CC(C)(C)/C(=N/O)c1csc(N)n1. The van der Waals surface area contributed by atoms with Crippen LogP contribution < -0.4 is 5.73 Å². The summed E-state index contributed by atoms with van der Waals surface area (Å²) in [6.07, 6.45) is 0. The molecule has 0 amide bonds. The van der Waals surface area contributed by atoms with Crippen molar-refractivity contribution in [2.45, 2.75) is 20.8 Å². The summed E-state index contributed by atoms with van der Waals surface area (Å²) in [5.74, 6) is 0. The standard InChI is InChI=1S/C8H13N3OS/c1-8(2,3)6(11-12)5-4-13-7(9)10-5/h4,12H,1-3H3,(H2,9,10)/b11-6+. The number of aromatic nitrogens is 1. The number of nitrogens with two attached hydrogens (primary N) is 1. The van der Waals surface area contributed by atoms with Gasteiger partial charge in [-0.1, -0.05) is 25.9 Å². The second-order valence-corrected chi connectivity index (χ2v) is 4.66. The zero-order chi connectivity index (χ0) is 10.1. The lowest BCUT2D eigenvalue weighted by Crippen LogP contribution is -2.21. The van der Waals surface area contributed by atoms with E-state index in [-0.39, 0.29) is 5.41 Å². The van der Waals surface area contributed by atoms with E-state index in [1.165, 1.54) is 11.3 Å². The molecule has 0 radical (unpaired) electrons. The van der Waals surface area contributed by atoms with Gasteiger partial charge in [-0.25, -0.2) is 4.98 Å². The average molecular weight is 199 g/mol. The summed E-state index contributed by atoms with van der Waals surface area (Å²) in [4.78, 5) is 4.05. The van der Waals surface area contributed by atoms with Gasteiger partial charge in [-0.2, -0.15) is 0 Å². The third kappa shape index (κ3) is 2.18. The van der Waals surface area contributed by atoms with E-state index >= 15 is 0 Å². The first-order valence-corrected chi connectivity index (χ1v) is 4.77. The maximum atomic E-state index is 8.84. The molecular formula is C8H13N3OS. The first kappa shape index (κ1) is 9.98. The maximum absolute atomic E-state index is 8.84. The molecular weight excluding hydrogens is 186 g/mol. The van der Waals surface area contributed by atoms with Gasteiger partial charge in [0.15, 0.2) is 5.13 Å². The van der Waals surface area contributed by atoms with Crippen LogP contribution in [0.4, 0.5) is 5.13 Å². The average Bonchev–Trinajstić information content (AvgIpc) is 2.34. The highest BCUT2D eigenvalue weighted by molar-refractivity contribution is 7.13. The van der Waals surface area contributed by atoms with Gasteiger partial charge in [-0.05, 0) is 0 Å². The molecule has 5 heteroatoms. The van der Waals surface area contributed by atoms with Crippen molar-refractivity contribution in [1.29, 1.82) is 0 Å². The lowest BCUT2D eigenvalue weighted by Gasteiger charge is -2.17. The molecule has 0 aliphatic heterocycles. The van der Waals surface area contributed by atoms with E-state index in [1.807, 2.05) is 20.8 Å². The third-order valence-electron chi connectivity index (χ3n) is 1.57. The molecule has 13 heavy (non-hydrogen) atoms. The van der Waals surface area contributed by atoms with E-state index < -0.39 is 0 Å². The number of rotatable bonds is 1. The molecule has 3 N–H and O–H groups in total. The predicted octanol–water partition coefficient (Wildman–Crippen LogP) is 1.95. The fourth-order valence-electron chi connectivity index (χ4n) is 0.982. The topological polar surface area (TPSA) is 71.5 Å². The summed E-state index contributed by atoms with van der Waals surface area (Å²) >= 11 is 1.34. The molecule has 0 spiro atoms. The summed E-state index contributed by atoms with van der Waals surface area (Å²) in [6.45, 7) is 5.87. The lowest BCUT2D eigenvalue weighted by atomic mass is 9.88. The third-order valence-corrected chi connectivity index (χ3v) is 2.25. The zero-order valence-electron chi connectivity index (χ0n) is 7.90. The van der Waals surface area contributed by atoms with Crippen LogP contribution in [0, 0.1) is 5.41 Å². The van der Waals surface area contributed by atoms with Gasteiger partial charge in [0.25, 0.3) is 0 Å². The Kier molecular flexibility index (Phi) is 2.56. The van der Waals surface area contributed by atoms with E-state index in [4.69, 9.17) is 10.9 Å². The summed E-state index contributed by atoms with van der Waals surface area (Å²) in [6, 6.07) is 0. The lowest BCUT2D eigenvalue weighted by molar-refractivity contribution is 0.311. The molecule has 72 valence electrons. The molecule has 1 rings (SSSR count). The van der Waals surface area contributed by atoms with Crippen LogP contribution in [0.5, 0.6) is 0 Å². The summed E-state index contributed by atoms with van der Waals surface area (Å²) in [5.41, 5.74) is 6.46. The van der Waals surface area contributed by atoms with E-state index in [0.717, 1.165) is 0 Å². The summed E-state index contributed by atoms with van der Waals surface area (Å²) < 4.78 is 0. The first-order chi connectivity index (χ1) is 5.95. The quantitative estimate of drug-likeness (QED) is 0.412. The Morgan fingerprint density at radius 2 is 2.23 bits per heavy atom. The monoisotopic (exact) mass is 199 g/mol. The second-order valence-electron chi connectivity index (χ2n) is 3.77. The van der Waals surface area contributed by atoms with Crippen molar-refractivity contribution in [2.75, 3.05) is 5.73 Å². The van der Waals surface area contributed by atoms with Crippen molar-refractivity contribution in [1.82, 2.24) is 4.98 Å². The molecule has 0 saturated carbocycles. The van der Waals surface area contributed by atoms with E-state index in [1.54, 1.807) is 5.38 Å². The van der Waals surface area contributed by atoms with Gasteiger partial charge in [0.05, 0.1) is 0 Å². The fourth-order valence-corrected chi connectivity index (χ4v) is 1.53. The van der Waals surface area contributed by atoms with Gasteiger partial charge in [0.2, 0.25) is 0 Å². The van der Waals surface area contributed by atoms with Gasteiger partial charge in [-0.15, -0.1) is 11.3 Å². The van der Waals surface area contributed by atoms with Crippen LogP contribution in [-0.2, 0) is 0 Å². The smallest absolute Gasteiger partial charge is 0.180 e. The normalized spacial score (nSPS) is 13.3. The molecule has 0 aliphatic carbocycles. The fraction of sp³-hybridized carbons (Fsp3) is 0.500. The van der Waals surface area contributed by atoms with Gasteiger partial charge >= 0.3 is 0 Å². The number of thiazole rings is 1. The molecule has 0 unspecified atom stereocenters.